The zero-order valence-electron chi connectivity index (χ0n) is 23.0. The third-order valence-electron chi connectivity index (χ3n) is 8.04. The van der Waals surface area contributed by atoms with Crippen LogP contribution in [0.1, 0.15) is 11.1 Å². The standard InChI is InChI=1S/C29H13BF15N/c1-8-4-5-11-9(6-8)10(7-46(11,2)3)30(12-15(31)21(37)27(43)22(38)16(12)32,13-17(33)23(39)28(44)24(40)18(13)34)14-19(35)25(41)29(45)26(42)20(14)36/h4-7H,1-3H3. The molecule has 1 nitrogen and oxygen atoms in total. The van der Waals surface area contributed by atoms with Crippen molar-refractivity contribution in [1.82, 2.24) is 4.48 Å². The molecule has 0 bridgehead atoms. The van der Waals surface area contributed by atoms with Gasteiger partial charge in [0, 0.05) is 11.6 Å². The van der Waals surface area contributed by atoms with Crippen molar-refractivity contribution in [3.63, 3.8) is 0 Å². The Morgan fingerprint density at radius 3 is 1.02 bits per heavy atom. The van der Waals surface area contributed by atoms with Gasteiger partial charge in [0.05, 0.1) is 20.3 Å². The van der Waals surface area contributed by atoms with Crippen LogP contribution in [0.2, 0.25) is 0 Å². The monoisotopic (exact) mass is 671 g/mol. The molecule has 0 fully saturated rings. The number of rotatable bonds is 4. The lowest BCUT2D eigenvalue weighted by Gasteiger charge is -2.44. The van der Waals surface area contributed by atoms with Crippen molar-refractivity contribution in [3.05, 3.63) is 123 Å². The molecule has 0 spiro atoms. The lowest BCUT2D eigenvalue weighted by molar-refractivity contribution is 0.380. The molecule has 17 heteroatoms. The molecule has 0 aliphatic carbocycles. The van der Waals surface area contributed by atoms with Gasteiger partial charge in [-0.05, 0) is 13.0 Å². The van der Waals surface area contributed by atoms with Gasteiger partial charge in [-0.3, -0.25) is 4.48 Å². The first-order valence-corrected chi connectivity index (χ1v) is 12.6. The Morgan fingerprint density at radius 1 is 0.435 bits per heavy atom. The summed E-state index contributed by atoms with van der Waals surface area (Å²) in [5.74, 6) is -45.4. The van der Waals surface area contributed by atoms with Crippen molar-refractivity contribution in [3.8, 4) is 0 Å². The van der Waals surface area contributed by atoms with E-state index in [4.69, 9.17) is 0 Å². The van der Waals surface area contributed by atoms with Crippen molar-refractivity contribution >= 4 is 33.7 Å². The van der Waals surface area contributed by atoms with E-state index in [1.54, 1.807) is 0 Å². The summed E-state index contributed by atoms with van der Waals surface area (Å²) in [6.45, 7) is 1.31. The second-order valence-corrected chi connectivity index (χ2v) is 11.0. The Bertz CT molecular complexity index is 1800. The molecular weight excluding hydrogens is 658 g/mol. The Kier molecular flexibility index (Phi) is 7.58. The highest BCUT2D eigenvalue weighted by Crippen LogP contribution is 2.45. The molecule has 0 atom stereocenters. The fourth-order valence-electron chi connectivity index (χ4n) is 6.12. The minimum atomic E-state index is -5.85. The van der Waals surface area contributed by atoms with E-state index in [9.17, 15) is 39.5 Å². The van der Waals surface area contributed by atoms with Crippen molar-refractivity contribution in [1.29, 1.82) is 0 Å². The first-order chi connectivity index (χ1) is 21.2. The van der Waals surface area contributed by atoms with Crippen LogP contribution in [-0.2, 0) is 0 Å². The molecule has 0 saturated heterocycles. The van der Waals surface area contributed by atoms with Crippen LogP contribution in [0, 0.1) is 94.2 Å². The van der Waals surface area contributed by atoms with E-state index in [2.05, 4.69) is 0 Å². The summed E-state index contributed by atoms with van der Waals surface area (Å²) in [6.07, 6.45) is -5.24. The van der Waals surface area contributed by atoms with Crippen molar-refractivity contribution in [2.24, 2.45) is 0 Å². The number of hydrogen-bond acceptors (Lipinski definition) is 0. The zero-order valence-corrected chi connectivity index (χ0v) is 23.0. The zero-order chi connectivity index (χ0) is 34.5. The predicted molar refractivity (Wildman–Crippen MR) is 136 cm³/mol. The van der Waals surface area contributed by atoms with E-state index in [1.165, 1.54) is 33.2 Å². The van der Waals surface area contributed by atoms with Crippen molar-refractivity contribution in [2.75, 3.05) is 14.1 Å². The second kappa shape index (κ2) is 10.6. The van der Waals surface area contributed by atoms with Crippen LogP contribution in [0.4, 0.5) is 71.5 Å². The molecule has 0 unspecified atom stereocenters. The molecule has 0 N–H and O–H groups in total. The van der Waals surface area contributed by atoms with Crippen LogP contribution in [0.25, 0.3) is 5.47 Å². The number of nitrogens with zero attached hydrogens (tertiary/aromatic N) is 1. The maximum Gasteiger partial charge on any atom is 0.200 e. The molecule has 4 aromatic rings. The maximum absolute atomic E-state index is 15.9. The average molecular weight is 671 g/mol. The Hall–Kier alpha value is -4.41. The fourth-order valence-corrected chi connectivity index (χ4v) is 6.12. The molecule has 46 heavy (non-hydrogen) atoms. The predicted octanol–water partition coefficient (Wildman–Crippen LogP) is 6.71. The topological polar surface area (TPSA) is 0 Å². The van der Waals surface area contributed by atoms with E-state index in [1.807, 2.05) is 0 Å². The lowest BCUT2D eigenvalue weighted by atomic mass is 9.11. The highest BCUT2D eigenvalue weighted by molar-refractivity contribution is 7.23. The van der Waals surface area contributed by atoms with Gasteiger partial charge in [0.25, 0.3) is 0 Å². The number of halogens is 15. The van der Waals surface area contributed by atoms with Gasteiger partial charge in [-0.1, -0.05) is 11.6 Å². The van der Waals surface area contributed by atoms with Crippen LogP contribution in [0.15, 0.2) is 24.4 Å². The second-order valence-electron chi connectivity index (χ2n) is 11.0. The molecule has 242 valence electrons. The number of quaternary nitrogens is 1. The summed E-state index contributed by atoms with van der Waals surface area (Å²) in [4.78, 5) is 0. The molecule has 1 heterocycles. The van der Waals surface area contributed by atoms with Gasteiger partial charge in [-0.2, -0.15) is 0 Å². The molecule has 1 aliphatic heterocycles. The quantitative estimate of drug-likeness (QED) is 0.0745. The molecular formula is C29H13BF15N. The van der Waals surface area contributed by atoms with Gasteiger partial charge in [-0.25, -0.2) is 65.9 Å². The summed E-state index contributed by atoms with van der Waals surface area (Å²) < 4.78 is 227. The maximum atomic E-state index is 15.9. The Labute approximate surface area is 248 Å². The third-order valence-corrected chi connectivity index (χ3v) is 8.04. The molecule has 0 saturated carbocycles. The minimum Gasteiger partial charge on any atom is -0.272 e. The molecule has 4 aromatic carbocycles. The average Bonchev–Trinajstić information content (AvgIpc) is 3.28. The van der Waals surface area contributed by atoms with E-state index in [0.717, 1.165) is 6.07 Å². The van der Waals surface area contributed by atoms with E-state index < -0.39 is 125 Å². The molecule has 5 rings (SSSR count). The largest absolute Gasteiger partial charge is 0.272 e. The highest BCUT2D eigenvalue weighted by atomic mass is 19.2. The van der Waals surface area contributed by atoms with E-state index in [0.29, 0.717) is 6.20 Å². The van der Waals surface area contributed by atoms with Crippen LogP contribution < -0.4 is 20.9 Å². The number of hydrogen-bond donors (Lipinski definition) is 0. The number of benzene rings is 4. The van der Waals surface area contributed by atoms with Gasteiger partial charge in [0.15, 0.2) is 52.4 Å². The van der Waals surface area contributed by atoms with Gasteiger partial charge in [0.2, 0.25) is 0 Å². The lowest BCUT2D eigenvalue weighted by Crippen LogP contribution is -2.74. The van der Waals surface area contributed by atoms with Gasteiger partial charge in [-0.15, -0.1) is 21.9 Å². The summed E-state index contributed by atoms with van der Waals surface area (Å²) in [7, 11) is 2.36. The smallest absolute Gasteiger partial charge is 0.200 e. The minimum absolute atomic E-state index is 0.128. The summed E-state index contributed by atoms with van der Waals surface area (Å²) in [6, 6.07) is 3.51. The van der Waals surface area contributed by atoms with E-state index in [-0.39, 0.29) is 11.3 Å². The van der Waals surface area contributed by atoms with Crippen LogP contribution in [-0.4, -0.2) is 20.2 Å². The normalized spacial score (nSPS) is 14.2. The third kappa shape index (κ3) is 4.12. The summed E-state index contributed by atoms with van der Waals surface area (Å²) >= 11 is 0. The molecule has 0 amide bonds. The van der Waals surface area contributed by atoms with E-state index >= 15 is 26.3 Å². The Balaban J connectivity index is 2.30. The Morgan fingerprint density at radius 2 is 0.717 bits per heavy atom. The summed E-state index contributed by atoms with van der Waals surface area (Å²) in [5.41, 5.74) is -9.93. The van der Waals surface area contributed by atoms with Crippen LogP contribution >= 0.6 is 0 Å². The first kappa shape index (κ1) is 33.0. The fraction of sp³-hybridized carbons (Fsp3) is 0.103. The SMILES string of the molecule is Cc1ccc2c(c1)C([B-](c1c(F)c(F)c(F)c(F)c1F)(c1c(F)c(F)c(F)c(F)c1F)c1c(F)c(F)c(F)c(F)c1F)=C[N+]2(C)C. The van der Waals surface area contributed by atoms with Gasteiger partial charge < -0.3 is 0 Å². The molecule has 0 radical (unpaired) electrons. The van der Waals surface area contributed by atoms with Gasteiger partial charge >= 0.3 is 0 Å². The van der Waals surface area contributed by atoms with Crippen molar-refractivity contribution in [2.45, 2.75) is 6.92 Å². The highest BCUT2D eigenvalue weighted by Gasteiger charge is 2.53. The number of fused-ring (bicyclic) bond motifs is 1. The molecule has 0 aromatic heterocycles. The first-order valence-electron chi connectivity index (χ1n) is 12.6. The summed E-state index contributed by atoms with van der Waals surface area (Å²) in [5, 5.41) is 0. The van der Waals surface area contributed by atoms with Crippen LogP contribution in [0.3, 0.4) is 0 Å². The van der Waals surface area contributed by atoms with Crippen LogP contribution in [0.5, 0.6) is 0 Å². The van der Waals surface area contributed by atoms with Crippen molar-refractivity contribution < 1.29 is 65.9 Å². The number of aryl methyl sites for hydroxylation is 1. The van der Waals surface area contributed by atoms with Gasteiger partial charge in [0.1, 0.15) is 46.7 Å². The molecule has 1 aliphatic rings.